The Morgan fingerprint density at radius 2 is 1.00 bits per heavy atom. The normalized spacial score (nSPS) is 11.8. The summed E-state index contributed by atoms with van der Waals surface area (Å²) >= 11 is 1.71. The lowest BCUT2D eigenvalue weighted by Gasteiger charge is -2.09. The Kier molecular flexibility index (Phi) is 6.62. The van der Waals surface area contributed by atoms with Crippen LogP contribution in [0.1, 0.15) is 0 Å². The third-order valence-electron chi connectivity index (χ3n) is 9.78. The highest BCUT2D eigenvalue weighted by molar-refractivity contribution is 7.26. The molecular weight excluding hydrogens is 673 g/mol. The van der Waals surface area contributed by atoms with Crippen LogP contribution in [0.25, 0.3) is 110 Å². The molecule has 0 amide bonds. The van der Waals surface area contributed by atoms with Crippen LogP contribution in [0.3, 0.4) is 0 Å². The quantitative estimate of drug-likeness (QED) is 0.178. The van der Waals surface area contributed by atoms with Crippen molar-refractivity contribution in [1.82, 2.24) is 19.9 Å². The number of rotatable bonds is 5. The first-order valence-electron chi connectivity index (χ1n) is 17.4. The van der Waals surface area contributed by atoms with Gasteiger partial charge < -0.3 is 8.83 Å². The van der Waals surface area contributed by atoms with E-state index in [9.17, 15) is 0 Å². The molecule has 0 aliphatic rings. The molecular formula is C46H26N4O2S. The van der Waals surface area contributed by atoms with Crippen LogP contribution in [0.5, 0.6) is 0 Å². The van der Waals surface area contributed by atoms with E-state index in [-0.39, 0.29) is 0 Å². The zero-order chi connectivity index (χ0) is 34.9. The Bertz CT molecular complexity index is 3150. The summed E-state index contributed by atoms with van der Waals surface area (Å²) in [5, 5.41) is 4.31. The number of fused-ring (bicyclic) bond motifs is 7. The second-order valence-electron chi connectivity index (χ2n) is 13.0. The molecule has 0 N–H and O–H groups in total. The van der Waals surface area contributed by atoms with Crippen molar-refractivity contribution in [3.8, 4) is 56.7 Å². The lowest BCUT2D eigenvalue weighted by atomic mass is 9.99. The predicted molar refractivity (Wildman–Crippen MR) is 215 cm³/mol. The first-order valence-corrected chi connectivity index (χ1v) is 18.2. The van der Waals surface area contributed by atoms with Crippen molar-refractivity contribution in [2.45, 2.75) is 0 Å². The highest BCUT2D eigenvalue weighted by Gasteiger charge is 2.22. The molecule has 0 atom stereocenters. The molecule has 0 spiro atoms. The molecule has 7 heteroatoms. The summed E-state index contributed by atoms with van der Waals surface area (Å²) in [6.45, 7) is 0. The van der Waals surface area contributed by atoms with E-state index in [1.54, 1.807) is 11.3 Å². The molecule has 0 saturated carbocycles. The number of furan rings is 1. The van der Waals surface area contributed by atoms with Crippen LogP contribution in [0.15, 0.2) is 167 Å². The minimum Gasteiger partial charge on any atom is -0.455 e. The van der Waals surface area contributed by atoms with Gasteiger partial charge in [0.1, 0.15) is 16.7 Å². The molecule has 7 aromatic carbocycles. The van der Waals surface area contributed by atoms with Gasteiger partial charge in [-0.25, -0.2) is 19.9 Å². The molecule has 0 aliphatic heterocycles. The van der Waals surface area contributed by atoms with Gasteiger partial charge >= 0.3 is 0 Å². The highest BCUT2D eigenvalue weighted by atomic mass is 32.1. The average molecular weight is 699 g/mol. The SMILES string of the molecule is c1ccc(-c2cc(-c3nc4ccccc4o3)c3sc4c(-c5nc(-c6ccccc6)nc(-c6cccc7c6oc6ccccc67)n5)cccc4c3c2)cc1. The van der Waals surface area contributed by atoms with E-state index in [1.807, 2.05) is 91.0 Å². The average Bonchev–Trinajstić information content (AvgIpc) is 3.94. The number of aromatic nitrogens is 4. The minimum atomic E-state index is 0.551. The molecule has 0 bridgehead atoms. The molecule has 0 radical (unpaired) electrons. The standard InChI is InChI=1S/C46H26N4O2S/c1-3-13-27(14-4-1)29-25-35-32-19-12-21-34(41(32)53-42(35)36(26-29)46-47-37-22-8-10-24-39(37)52-46)45-49-43(28-15-5-2-6-16-28)48-44(50-45)33-20-11-18-31-30-17-7-9-23-38(30)51-40(31)33/h1-26H. The fourth-order valence-electron chi connectivity index (χ4n) is 7.28. The molecule has 248 valence electrons. The lowest BCUT2D eigenvalue weighted by Crippen LogP contribution is -2.00. The van der Waals surface area contributed by atoms with E-state index in [1.165, 1.54) is 0 Å². The molecule has 6 nitrogen and oxygen atoms in total. The van der Waals surface area contributed by atoms with Crippen LogP contribution in [-0.2, 0) is 0 Å². The Morgan fingerprint density at radius 1 is 0.377 bits per heavy atom. The summed E-state index contributed by atoms with van der Waals surface area (Å²) in [5.74, 6) is 2.33. The summed E-state index contributed by atoms with van der Waals surface area (Å²) in [7, 11) is 0. The summed E-state index contributed by atoms with van der Waals surface area (Å²) in [4.78, 5) is 20.4. The summed E-state index contributed by atoms with van der Waals surface area (Å²) in [5.41, 5.74) is 8.96. The van der Waals surface area contributed by atoms with Gasteiger partial charge in [-0.3, -0.25) is 0 Å². The minimum absolute atomic E-state index is 0.551. The van der Waals surface area contributed by atoms with E-state index < -0.39 is 0 Å². The second-order valence-corrected chi connectivity index (χ2v) is 14.0. The molecule has 11 aromatic rings. The van der Waals surface area contributed by atoms with Gasteiger partial charge in [0.2, 0.25) is 5.89 Å². The maximum Gasteiger partial charge on any atom is 0.228 e. The zero-order valence-electron chi connectivity index (χ0n) is 28.0. The fourth-order valence-corrected chi connectivity index (χ4v) is 8.57. The summed E-state index contributed by atoms with van der Waals surface area (Å²) in [6.07, 6.45) is 0. The number of para-hydroxylation sites is 4. The van der Waals surface area contributed by atoms with Crippen molar-refractivity contribution in [2.75, 3.05) is 0 Å². The van der Waals surface area contributed by atoms with Gasteiger partial charge in [0.25, 0.3) is 0 Å². The van der Waals surface area contributed by atoms with Crippen LogP contribution >= 0.6 is 11.3 Å². The first kappa shape index (κ1) is 29.7. The molecule has 11 rings (SSSR count). The second kappa shape index (κ2) is 11.8. The van der Waals surface area contributed by atoms with Crippen molar-refractivity contribution in [1.29, 1.82) is 0 Å². The van der Waals surface area contributed by atoms with E-state index in [2.05, 4.69) is 66.7 Å². The zero-order valence-corrected chi connectivity index (χ0v) is 28.8. The van der Waals surface area contributed by atoms with Crippen LogP contribution in [0.2, 0.25) is 0 Å². The molecule has 0 unspecified atom stereocenters. The number of nitrogens with zero attached hydrogens (tertiary/aromatic N) is 4. The summed E-state index contributed by atoms with van der Waals surface area (Å²) in [6, 6.07) is 53.5. The van der Waals surface area contributed by atoms with Crippen molar-refractivity contribution in [3.05, 3.63) is 158 Å². The van der Waals surface area contributed by atoms with E-state index in [0.717, 1.165) is 86.6 Å². The topological polar surface area (TPSA) is 77.8 Å². The van der Waals surface area contributed by atoms with E-state index in [4.69, 9.17) is 28.8 Å². The third-order valence-corrected chi connectivity index (χ3v) is 11.1. The molecule has 0 aliphatic carbocycles. The Hall–Kier alpha value is -6.96. The molecule has 4 heterocycles. The molecule has 53 heavy (non-hydrogen) atoms. The van der Waals surface area contributed by atoms with Crippen LogP contribution in [-0.4, -0.2) is 19.9 Å². The van der Waals surface area contributed by atoms with Crippen LogP contribution < -0.4 is 0 Å². The van der Waals surface area contributed by atoms with Gasteiger partial charge in [0.05, 0.1) is 11.1 Å². The van der Waals surface area contributed by atoms with E-state index >= 15 is 0 Å². The Labute approximate surface area is 306 Å². The molecule has 4 aromatic heterocycles. The van der Waals surface area contributed by atoms with Gasteiger partial charge in [-0.15, -0.1) is 11.3 Å². The van der Waals surface area contributed by atoms with E-state index in [0.29, 0.717) is 23.4 Å². The van der Waals surface area contributed by atoms with Gasteiger partial charge in [0, 0.05) is 42.1 Å². The number of thiophene rings is 1. The molecule has 0 fully saturated rings. The largest absolute Gasteiger partial charge is 0.455 e. The molecule has 0 saturated heterocycles. The van der Waals surface area contributed by atoms with Gasteiger partial charge in [-0.1, -0.05) is 115 Å². The summed E-state index contributed by atoms with van der Waals surface area (Å²) < 4.78 is 15.0. The van der Waals surface area contributed by atoms with Crippen LogP contribution in [0, 0.1) is 0 Å². The number of oxazole rings is 1. The monoisotopic (exact) mass is 698 g/mol. The van der Waals surface area contributed by atoms with Crippen molar-refractivity contribution < 1.29 is 8.83 Å². The number of benzene rings is 7. The lowest BCUT2D eigenvalue weighted by molar-refractivity contribution is 0.621. The Balaban J connectivity index is 1.18. The third kappa shape index (κ3) is 4.86. The fraction of sp³-hybridized carbons (Fsp3) is 0. The van der Waals surface area contributed by atoms with Gasteiger partial charge in [-0.05, 0) is 53.6 Å². The van der Waals surface area contributed by atoms with Crippen molar-refractivity contribution in [3.63, 3.8) is 0 Å². The maximum absolute atomic E-state index is 6.45. The highest BCUT2D eigenvalue weighted by Crippen LogP contribution is 2.46. The van der Waals surface area contributed by atoms with Crippen LogP contribution in [0.4, 0.5) is 0 Å². The van der Waals surface area contributed by atoms with Crippen molar-refractivity contribution >= 4 is 64.5 Å². The van der Waals surface area contributed by atoms with Crippen molar-refractivity contribution in [2.24, 2.45) is 0 Å². The van der Waals surface area contributed by atoms with Gasteiger partial charge in [0.15, 0.2) is 23.1 Å². The predicted octanol–water partition coefficient (Wildman–Crippen LogP) is 12.6. The maximum atomic E-state index is 6.45. The smallest absolute Gasteiger partial charge is 0.228 e. The first-order chi connectivity index (χ1) is 26.2. The number of hydrogen-bond acceptors (Lipinski definition) is 7. The van der Waals surface area contributed by atoms with Gasteiger partial charge in [-0.2, -0.15) is 0 Å². The number of hydrogen-bond donors (Lipinski definition) is 0. The Morgan fingerprint density at radius 3 is 1.81 bits per heavy atom.